The molecule has 118 valence electrons. The summed E-state index contributed by atoms with van der Waals surface area (Å²) >= 11 is 0. The van der Waals surface area contributed by atoms with Gasteiger partial charge in [0.05, 0.1) is 18.4 Å². The molecule has 1 aromatic heterocycles. The molecule has 1 unspecified atom stereocenters. The fourth-order valence-corrected chi connectivity index (χ4v) is 2.47. The van der Waals surface area contributed by atoms with Gasteiger partial charge in [0.15, 0.2) is 0 Å². The lowest BCUT2D eigenvalue weighted by Gasteiger charge is -2.30. The number of nitrogens with zero attached hydrogens (tertiary/aromatic N) is 2. The predicted molar refractivity (Wildman–Crippen MR) is 85.8 cm³/mol. The van der Waals surface area contributed by atoms with E-state index in [-0.39, 0.29) is 6.10 Å². The number of methoxy groups -OCH3 is 1. The highest BCUT2D eigenvalue weighted by Crippen LogP contribution is 2.37. The first-order chi connectivity index (χ1) is 10.0. The van der Waals surface area contributed by atoms with Crippen LogP contribution in [-0.2, 0) is 4.74 Å². The van der Waals surface area contributed by atoms with E-state index in [1.807, 2.05) is 26.0 Å². The second-order valence-corrected chi connectivity index (χ2v) is 5.99. The molecule has 0 amide bonds. The predicted octanol–water partition coefficient (Wildman–Crippen LogP) is 2.70. The van der Waals surface area contributed by atoms with Crippen LogP contribution in [0.2, 0.25) is 0 Å². The molecule has 0 aliphatic heterocycles. The third-order valence-electron chi connectivity index (χ3n) is 3.85. The van der Waals surface area contributed by atoms with Crippen molar-refractivity contribution in [2.75, 3.05) is 30.9 Å². The number of anilines is 2. The first kappa shape index (κ1) is 15.9. The third-order valence-corrected chi connectivity index (χ3v) is 3.85. The van der Waals surface area contributed by atoms with Gasteiger partial charge in [-0.3, -0.25) is 0 Å². The Morgan fingerprint density at radius 1 is 1.33 bits per heavy atom. The summed E-state index contributed by atoms with van der Waals surface area (Å²) in [7, 11) is 1.73. The minimum Gasteiger partial charge on any atom is -0.473 e. The Morgan fingerprint density at radius 3 is 2.62 bits per heavy atom. The van der Waals surface area contributed by atoms with Crippen LogP contribution in [0, 0.1) is 5.92 Å². The van der Waals surface area contributed by atoms with E-state index in [2.05, 4.69) is 16.8 Å². The molecule has 5 nitrogen and oxygen atoms in total. The van der Waals surface area contributed by atoms with Gasteiger partial charge in [-0.25, -0.2) is 0 Å². The summed E-state index contributed by atoms with van der Waals surface area (Å²) in [6.45, 7) is 7.72. The first-order valence-corrected chi connectivity index (χ1v) is 7.71. The van der Waals surface area contributed by atoms with E-state index in [1.54, 1.807) is 7.11 Å². The van der Waals surface area contributed by atoms with Crippen LogP contribution in [0.1, 0.15) is 33.6 Å². The zero-order valence-corrected chi connectivity index (χ0v) is 13.5. The molecule has 1 aromatic rings. The summed E-state index contributed by atoms with van der Waals surface area (Å²) in [4.78, 5) is 6.92. The molecule has 0 saturated heterocycles. The Hall–Kier alpha value is -1.49. The number of hydrogen-bond acceptors (Lipinski definition) is 5. The van der Waals surface area contributed by atoms with E-state index in [0.717, 1.165) is 18.3 Å². The molecule has 1 aliphatic carbocycles. The van der Waals surface area contributed by atoms with Crippen molar-refractivity contribution in [3.05, 3.63) is 12.1 Å². The van der Waals surface area contributed by atoms with Gasteiger partial charge < -0.3 is 20.1 Å². The van der Waals surface area contributed by atoms with Gasteiger partial charge in [-0.05, 0) is 51.7 Å². The van der Waals surface area contributed by atoms with Crippen molar-refractivity contribution in [1.29, 1.82) is 0 Å². The van der Waals surface area contributed by atoms with Crippen LogP contribution < -0.4 is 15.4 Å². The minimum absolute atomic E-state index is 0.0586. The van der Waals surface area contributed by atoms with Crippen LogP contribution in [0.3, 0.4) is 0 Å². The molecule has 1 saturated carbocycles. The van der Waals surface area contributed by atoms with Gasteiger partial charge in [-0.2, -0.15) is 4.98 Å². The number of pyridine rings is 1. The summed E-state index contributed by atoms with van der Waals surface area (Å²) in [5.41, 5.74) is 6.54. The quantitative estimate of drug-likeness (QED) is 0.798. The van der Waals surface area contributed by atoms with E-state index in [0.29, 0.717) is 24.2 Å². The molecule has 21 heavy (non-hydrogen) atoms. The highest BCUT2D eigenvalue weighted by atomic mass is 16.5. The van der Waals surface area contributed by atoms with Gasteiger partial charge in [0, 0.05) is 19.7 Å². The van der Waals surface area contributed by atoms with Gasteiger partial charge in [-0.1, -0.05) is 0 Å². The summed E-state index contributed by atoms with van der Waals surface area (Å²) < 4.78 is 10.9. The zero-order chi connectivity index (χ0) is 15.4. The summed E-state index contributed by atoms with van der Waals surface area (Å²) in [5, 5.41) is 0. The maximum atomic E-state index is 5.96. The Labute approximate surface area is 127 Å². The molecule has 1 aliphatic rings. The van der Waals surface area contributed by atoms with Gasteiger partial charge in [0.25, 0.3) is 0 Å². The molecule has 1 atom stereocenters. The average Bonchev–Trinajstić information content (AvgIpc) is 3.26. The Morgan fingerprint density at radius 2 is 2.05 bits per heavy atom. The fourth-order valence-electron chi connectivity index (χ4n) is 2.47. The van der Waals surface area contributed by atoms with Crippen LogP contribution in [0.25, 0.3) is 0 Å². The van der Waals surface area contributed by atoms with E-state index < -0.39 is 0 Å². The monoisotopic (exact) mass is 293 g/mol. The normalized spacial score (nSPS) is 16.0. The van der Waals surface area contributed by atoms with Crippen molar-refractivity contribution in [3.63, 3.8) is 0 Å². The maximum absolute atomic E-state index is 5.96. The van der Waals surface area contributed by atoms with Gasteiger partial charge >= 0.3 is 0 Å². The molecule has 0 spiro atoms. The van der Waals surface area contributed by atoms with Crippen LogP contribution in [0.15, 0.2) is 12.1 Å². The van der Waals surface area contributed by atoms with Crippen LogP contribution in [-0.4, -0.2) is 37.4 Å². The molecule has 2 N–H and O–H groups in total. The number of nitrogen functional groups attached to an aromatic ring is 1. The molecule has 1 fully saturated rings. The summed E-state index contributed by atoms with van der Waals surface area (Å²) in [6.07, 6.45) is 2.66. The first-order valence-electron chi connectivity index (χ1n) is 7.71. The fraction of sp³-hybridized carbons (Fsp3) is 0.688. The molecule has 0 aromatic carbocycles. The van der Waals surface area contributed by atoms with Crippen molar-refractivity contribution in [2.45, 2.75) is 45.8 Å². The second-order valence-electron chi connectivity index (χ2n) is 5.99. The average molecular weight is 293 g/mol. The summed E-state index contributed by atoms with van der Waals surface area (Å²) in [6, 6.07) is 4.31. The minimum atomic E-state index is 0.0586. The number of nitrogens with two attached hydrogens (primary N) is 1. The van der Waals surface area contributed by atoms with E-state index >= 15 is 0 Å². The lowest BCUT2D eigenvalue weighted by Crippen LogP contribution is -2.38. The number of aromatic nitrogens is 1. The molecular formula is C16H27N3O2. The van der Waals surface area contributed by atoms with Crippen molar-refractivity contribution in [2.24, 2.45) is 5.92 Å². The number of ether oxygens (including phenoxy) is 2. The highest BCUT2D eigenvalue weighted by molar-refractivity contribution is 5.55. The van der Waals surface area contributed by atoms with Crippen LogP contribution in [0.4, 0.5) is 11.5 Å². The Balaban J connectivity index is 2.21. The lowest BCUT2D eigenvalue weighted by molar-refractivity contribution is 0.202. The Kier molecular flexibility index (Phi) is 5.28. The van der Waals surface area contributed by atoms with Crippen molar-refractivity contribution in [3.8, 4) is 5.88 Å². The van der Waals surface area contributed by atoms with Gasteiger partial charge in [-0.15, -0.1) is 0 Å². The lowest BCUT2D eigenvalue weighted by atomic mass is 10.2. The number of hydrogen-bond donors (Lipinski definition) is 1. The van der Waals surface area contributed by atoms with Crippen molar-refractivity contribution >= 4 is 11.5 Å². The van der Waals surface area contributed by atoms with Crippen LogP contribution in [0.5, 0.6) is 5.88 Å². The smallest absolute Gasteiger partial charge is 0.239 e. The Bertz CT molecular complexity index is 461. The molecule has 1 heterocycles. The van der Waals surface area contributed by atoms with Gasteiger partial charge in [0.2, 0.25) is 5.88 Å². The largest absolute Gasteiger partial charge is 0.473 e. The summed E-state index contributed by atoms with van der Waals surface area (Å²) in [5.74, 6) is 2.19. The molecule has 0 radical (unpaired) electrons. The van der Waals surface area contributed by atoms with Gasteiger partial charge in [0.1, 0.15) is 5.82 Å². The van der Waals surface area contributed by atoms with Crippen LogP contribution >= 0.6 is 0 Å². The second kappa shape index (κ2) is 6.98. The maximum Gasteiger partial charge on any atom is 0.239 e. The molecular weight excluding hydrogens is 266 g/mol. The zero-order valence-electron chi connectivity index (χ0n) is 13.5. The standard InChI is InChI=1S/C16H27N3O2/c1-11(2)21-16-14(17)7-8-15(18-16)19(9-10-20-4)12(3)13-5-6-13/h7-8,11-13H,5-6,9-10,17H2,1-4H3. The third kappa shape index (κ3) is 4.24. The molecule has 0 bridgehead atoms. The van der Waals surface area contributed by atoms with Crippen molar-refractivity contribution in [1.82, 2.24) is 4.98 Å². The van der Waals surface area contributed by atoms with E-state index in [9.17, 15) is 0 Å². The number of rotatable bonds is 8. The SMILES string of the molecule is COCCN(c1ccc(N)c(OC(C)C)n1)C(C)C1CC1. The topological polar surface area (TPSA) is 60.6 Å². The molecule has 5 heteroatoms. The highest BCUT2D eigenvalue weighted by Gasteiger charge is 2.32. The van der Waals surface area contributed by atoms with E-state index in [1.165, 1.54) is 12.8 Å². The molecule has 2 rings (SSSR count). The van der Waals surface area contributed by atoms with E-state index in [4.69, 9.17) is 15.2 Å². The van der Waals surface area contributed by atoms with Crippen molar-refractivity contribution < 1.29 is 9.47 Å².